The first kappa shape index (κ1) is 62.5. The molecule has 0 aromatic carbocycles. The number of carbonyl (C=O) groups is 6. The summed E-state index contributed by atoms with van der Waals surface area (Å²) in [6.07, 6.45) is 3.09. The van der Waals surface area contributed by atoms with Crippen LogP contribution in [0.4, 0.5) is 0 Å². The number of rotatable bonds is 12. The standard InChI is InChI=1S/C6H14O3.C5H7N3O4.3C4H6O2.3C3H4O2/c1-2-6(3-7,4-8)5-9;1-2-12-8-4(10)6-3(9)7-5(8)11;3*1-3(2)4(5)6;3*1-2-3(4)5/h7-9H,2-5H2,1H3;2H2,1H3,(H2,6,7,9,10,11);3*1H2,2H3,(H,5,6);3*2H,1H2,(H,4,5). The highest BCUT2D eigenvalue weighted by Crippen LogP contribution is 2.18. The van der Waals surface area contributed by atoms with E-state index in [0.717, 1.165) is 18.2 Å². The smallest absolute Gasteiger partial charge is 0.367 e. The number of aromatic nitrogens is 3. The van der Waals surface area contributed by atoms with Gasteiger partial charge in [-0.1, -0.05) is 51.1 Å². The molecule has 0 saturated carbocycles. The summed E-state index contributed by atoms with van der Waals surface area (Å²) in [6.45, 7) is 25.8. The topological polar surface area (TPSA) is 381 Å². The van der Waals surface area contributed by atoms with Crippen molar-refractivity contribution in [3.05, 3.63) is 106 Å². The van der Waals surface area contributed by atoms with Crippen molar-refractivity contribution in [1.29, 1.82) is 0 Å². The van der Waals surface area contributed by atoms with Crippen molar-refractivity contribution in [3.8, 4) is 0 Å². The number of hydrogen-bond acceptors (Lipinski definition) is 13. The van der Waals surface area contributed by atoms with Gasteiger partial charge in [0, 0.05) is 40.4 Å². The molecule has 0 aliphatic rings. The van der Waals surface area contributed by atoms with Gasteiger partial charge in [-0.2, -0.15) is 0 Å². The lowest BCUT2D eigenvalue weighted by atomic mass is 9.88. The fourth-order valence-corrected chi connectivity index (χ4v) is 1.15. The number of aliphatic hydroxyl groups is 3. The molecule has 0 spiro atoms. The molecule has 0 bridgehead atoms. The summed E-state index contributed by atoms with van der Waals surface area (Å²) in [5, 5.41) is 72.5. The molecule has 0 fully saturated rings. The quantitative estimate of drug-likeness (QED) is 0.122. The van der Waals surface area contributed by atoms with Gasteiger partial charge in [0.1, 0.15) is 6.61 Å². The van der Waals surface area contributed by atoms with Crippen LogP contribution >= 0.6 is 0 Å². The van der Waals surface area contributed by atoms with Crippen LogP contribution < -0.4 is 21.9 Å². The average molecular weight is 782 g/mol. The highest BCUT2D eigenvalue weighted by molar-refractivity contribution is 5.85. The Labute approximate surface area is 308 Å². The summed E-state index contributed by atoms with van der Waals surface area (Å²) in [7, 11) is 0. The van der Waals surface area contributed by atoms with E-state index >= 15 is 0 Å². The largest absolute Gasteiger partial charge is 0.478 e. The monoisotopic (exact) mass is 781 g/mol. The first-order chi connectivity index (χ1) is 24.6. The second-order valence-corrected chi connectivity index (χ2v) is 9.11. The minimum Gasteiger partial charge on any atom is -0.478 e. The molecular weight excluding hydrogens is 730 g/mol. The van der Waals surface area contributed by atoms with E-state index in [0.29, 0.717) is 11.2 Å². The molecule has 0 atom stereocenters. The summed E-state index contributed by atoms with van der Waals surface area (Å²) in [6, 6.07) is 0. The van der Waals surface area contributed by atoms with Gasteiger partial charge in [0.25, 0.3) is 0 Å². The minimum atomic E-state index is -0.981. The van der Waals surface area contributed by atoms with Crippen LogP contribution in [-0.4, -0.2) is 123 Å². The number of nitrogens with zero attached hydrogens (tertiary/aromatic N) is 1. The second kappa shape index (κ2) is 39.1. The van der Waals surface area contributed by atoms with Crippen molar-refractivity contribution < 1.29 is 79.6 Å². The van der Waals surface area contributed by atoms with E-state index in [2.05, 4.69) is 44.3 Å². The van der Waals surface area contributed by atoms with Crippen molar-refractivity contribution in [2.45, 2.75) is 41.0 Å². The molecule has 54 heavy (non-hydrogen) atoms. The normalized spacial score (nSPS) is 8.44. The molecule has 22 heteroatoms. The molecule has 0 aliphatic heterocycles. The maximum absolute atomic E-state index is 10.8. The maximum Gasteiger partial charge on any atom is 0.367 e. The molecule has 1 aromatic rings. The average Bonchev–Trinajstić information content (AvgIpc) is 3.09. The van der Waals surface area contributed by atoms with E-state index in [-0.39, 0.29) is 43.1 Å². The van der Waals surface area contributed by atoms with Crippen LogP contribution in [0.25, 0.3) is 0 Å². The number of carboxylic acids is 6. The third-order valence-electron chi connectivity index (χ3n) is 4.44. The fraction of sp³-hybridized carbons (Fsp3) is 0.344. The molecule has 1 heterocycles. The molecule has 22 nitrogen and oxygen atoms in total. The number of carboxylic acid groups (broad SMARTS) is 6. The van der Waals surface area contributed by atoms with E-state index in [9.17, 15) is 43.2 Å². The summed E-state index contributed by atoms with van der Waals surface area (Å²) in [4.78, 5) is 96.9. The van der Waals surface area contributed by atoms with Crippen LogP contribution in [0.15, 0.2) is 88.8 Å². The zero-order valence-corrected chi connectivity index (χ0v) is 30.6. The number of aliphatic carboxylic acids is 6. The molecule has 308 valence electrons. The molecule has 0 saturated heterocycles. The van der Waals surface area contributed by atoms with Gasteiger partial charge in [0.2, 0.25) is 0 Å². The zero-order valence-electron chi connectivity index (χ0n) is 30.6. The number of H-pyrrole nitrogens is 2. The van der Waals surface area contributed by atoms with Gasteiger partial charge in [-0.15, -0.1) is 0 Å². The van der Waals surface area contributed by atoms with E-state index < -0.39 is 58.3 Å². The van der Waals surface area contributed by atoms with E-state index in [1.54, 1.807) is 6.92 Å². The lowest BCUT2D eigenvalue weighted by Gasteiger charge is -2.24. The van der Waals surface area contributed by atoms with Gasteiger partial charge < -0.3 is 50.8 Å². The van der Waals surface area contributed by atoms with E-state index in [1.165, 1.54) is 20.8 Å². The second-order valence-electron chi connectivity index (χ2n) is 9.11. The Balaban J connectivity index is -0.0000000960. The summed E-state index contributed by atoms with van der Waals surface area (Å²) >= 11 is 0. The number of hydrogen-bond donors (Lipinski definition) is 11. The van der Waals surface area contributed by atoms with Crippen molar-refractivity contribution in [3.63, 3.8) is 0 Å². The van der Waals surface area contributed by atoms with Crippen molar-refractivity contribution in [2.24, 2.45) is 5.41 Å². The lowest BCUT2D eigenvalue weighted by Crippen LogP contribution is -2.46. The number of aliphatic hydroxyl groups excluding tert-OH is 3. The van der Waals surface area contributed by atoms with Crippen molar-refractivity contribution >= 4 is 35.8 Å². The first-order valence-corrected chi connectivity index (χ1v) is 14.3. The Kier molecular flexibility index (Phi) is 45.3. The Morgan fingerprint density at radius 3 is 0.907 bits per heavy atom. The molecule has 1 rings (SSSR count). The molecule has 0 amide bonds. The maximum atomic E-state index is 10.8. The summed E-state index contributed by atoms with van der Waals surface area (Å²) < 4.78 is 0.446. The molecule has 0 unspecified atom stereocenters. The molecule has 0 aliphatic carbocycles. The first-order valence-electron chi connectivity index (χ1n) is 14.3. The summed E-state index contributed by atoms with van der Waals surface area (Å²) in [5.74, 6) is -5.75. The lowest BCUT2D eigenvalue weighted by molar-refractivity contribution is -0.133. The van der Waals surface area contributed by atoms with Crippen molar-refractivity contribution in [2.75, 3.05) is 26.4 Å². The van der Waals surface area contributed by atoms with Gasteiger partial charge in [-0.25, -0.2) is 43.2 Å². The Hall–Kier alpha value is -6.65. The van der Waals surface area contributed by atoms with Crippen molar-refractivity contribution in [1.82, 2.24) is 14.7 Å². The third-order valence-corrected chi connectivity index (χ3v) is 4.44. The molecule has 11 N–H and O–H groups in total. The van der Waals surface area contributed by atoms with Crippen LogP contribution in [0.1, 0.15) is 41.0 Å². The van der Waals surface area contributed by atoms with Gasteiger partial charge in [0.05, 0.1) is 19.8 Å². The molecule has 1 aromatic heterocycles. The Morgan fingerprint density at radius 2 is 0.815 bits per heavy atom. The SMILES string of the molecule is C=C(C)C(=O)O.C=C(C)C(=O)O.C=C(C)C(=O)O.C=CC(=O)O.C=CC(=O)O.C=CC(=O)O.CCC(CO)(CO)CO.CCOn1c(=O)[nH]c(=O)[nH]c1=O. The van der Waals surface area contributed by atoms with Crippen LogP contribution in [0.2, 0.25) is 0 Å². The minimum absolute atomic E-state index is 0.156. The van der Waals surface area contributed by atoms with E-state index in [1.807, 2.05) is 16.9 Å². The van der Waals surface area contributed by atoms with Crippen LogP contribution in [0.3, 0.4) is 0 Å². The summed E-state index contributed by atoms with van der Waals surface area (Å²) in [5.41, 5.74) is -2.75. The zero-order chi connectivity index (χ0) is 44.8. The Morgan fingerprint density at radius 1 is 0.611 bits per heavy atom. The van der Waals surface area contributed by atoms with Gasteiger partial charge in [0.15, 0.2) is 0 Å². The number of nitrogens with one attached hydrogen (secondary N) is 2. The highest BCUT2D eigenvalue weighted by Gasteiger charge is 2.24. The van der Waals surface area contributed by atoms with Gasteiger partial charge in [-0.05, 0) is 34.1 Å². The number of aromatic amines is 2. The van der Waals surface area contributed by atoms with Crippen LogP contribution in [0.5, 0.6) is 0 Å². The predicted molar refractivity (Wildman–Crippen MR) is 194 cm³/mol. The molecular formula is C32H51N3O19. The highest BCUT2D eigenvalue weighted by atomic mass is 16.7. The van der Waals surface area contributed by atoms with E-state index in [4.69, 9.17) is 46.0 Å². The van der Waals surface area contributed by atoms with Gasteiger partial charge >= 0.3 is 52.9 Å². The van der Waals surface area contributed by atoms with Gasteiger partial charge in [-0.3, -0.25) is 9.97 Å². The Bertz CT molecular complexity index is 1360. The van der Waals surface area contributed by atoms with Crippen LogP contribution in [-0.2, 0) is 28.8 Å². The third kappa shape index (κ3) is 49.7. The fourth-order valence-electron chi connectivity index (χ4n) is 1.15. The van der Waals surface area contributed by atoms with Crippen LogP contribution in [0, 0.1) is 5.41 Å². The molecule has 0 radical (unpaired) electrons. The predicted octanol–water partition coefficient (Wildman–Crippen LogP) is -0.255.